The molecule has 0 spiro atoms. The molecule has 0 saturated carbocycles. The summed E-state index contributed by atoms with van der Waals surface area (Å²) in [7, 11) is 0. The number of halogens is 1. The first-order valence-electron chi connectivity index (χ1n) is 9.47. The van der Waals surface area contributed by atoms with Crippen molar-refractivity contribution in [3.8, 4) is 0 Å². The Labute approximate surface area is 178 Å². The molecule has 6 nitrogen and oxygen atoms in total. The molecule has 2 aromatic heterocycles. The van der Waals surface area contributed by atoms with E-state index in [0.29, 0.717) is 6.54 Å². The smallest absolute Gasteiger partial charge is 0.191 e. The third-order valence-corrected chi connectivity index (χ3v) is 4.40. The molecular weight excluding hydrogens is 451 g/mol. The molecule has 7 heteroatoms. The van der Waals surface area contributed by atoms with Gasteiger partial charge in [-0.25, -0.2) is 9.98 Å². The molecule has 3 rings (SSSR count). The van der Waals surface area contributed by atoms with Gasteiger partial charge in [0.2, 0.25) is 0 Å². The lowest BCUT2D eigenvalue weighted by Gasteiger charge is -2.16. The summed E-state index contributed by atoms with van der Waals surface area (Å²) in [6.45, 7) is 6.57. The van der Waals surface area contributed by atoms with E-state index in [9.17, 15) is 0 Å². The molecule has 0 atom stereocenters. The third kappa shape index (κ3) is 6.97. The maximum Gasteiger partial charge on any atom is 0.191 e. The van der Waals surface area contributed by atoms with Crippen LogP contribution in [0.25, 0.3) is 0 Å². The number of anilines is 1. The van der Waals surface area contributed by atoms with E-state index in [2.05, 4.69) is 49.6 Å². The van der Waals surface area contributed by atoms with Crippen LogP contribution in [0.2, 0.25) is 0 Å². The molecule has 3 heterocycles. The van der Waals surface area contributed by atoms with Gasteiger partial charge in [-0.05, 0) is 43.5 Å². The normalized spacial score (nSPS) is 14.0. The van der Waals surface area contributed by atoms with Gasteiger partial charge in [0.25, 0.3) is 0 Å². The Balaban J connectivity index is 0.00000261. The topological polar surface area (TPSA) is 65.4 Å². The van der Waals surface area contributed by atoms with Gasteiger partial charge in [-0.15, -0.1) is 24.0 Å². The number of guanidine groups is 1. The average molecular weight is 480 g/mol. The van der Waals surface area contributed by atoms with E-state index in [-0.39, 0.29) is 24.0 Å². The van der Waals surface area contributed by atoms with Gasteiger partial charge in [-0.3, -0.25) is 4.98 Å². The molecule has 0 amide bonds. The molecule has 0 bridgehead atoms. The Bertz CT molecular complexity index is 683. The van der Waals surface area contributed by atoms with Gasteiger partial charge in [0.05, 0.1) is 6.54 Å². The Morgan fingerprint density at radius 3 is 2.63 bits per heavy atom. The SMILES string of the molecule is CCNC(=NCc1ccc(N2CCCC2)nc1)NCCc1ccccn1.I. The zero-order valence-corrected chi connectivity index (χ0v) is 18.2. The van der Waals surface area contributed by atoms with E-state index in [1.54, 1.807) is 0 Å². The summed E-state index contributed by atoms with van der Waals surface area (Å²) in [4.78, 5) is 15.9. The van der Waals surface area contributed by atoms with Gasteiger partial charge < -0.3 is 15.5 Å². The molecule has 1 saturated heterocycles. The number of nitrogens with zero attached hydrogens (tertiary/aromatic N) is 4. The first-order chi connectivity index (χ1) is 12.8. The minimum Gasteiger partial charge on any atom is -0.357 e. The van der Waals surface area contributed by atoms with E-state index < -0.39 is 0 Å². The Morgan fingerprint density at radius 2 is 1.96 bits per heavy atom. The summed E-state index contributed by atoms with van der Waals surface area (Å²) in [5, 5.41) is 6.65. The van der Waals surface area contributed by atoms with Crippen LogP contribution in [0, 0.1) is 0 Å². The van der Waals surface area contributed by atoms with Crippen molar-refractivity contribution in [2.45, 2.75) is 32.7 Å². The van der Waals surface area contributed by atoms with Crippen LogP contribution in [0.4, 0.5) is 5.82 Å². The lowest BCUT2D eigenvalue weighted by Crippen LogP contribution is -2.38. The minimum absolute atomic E-state index is 0. The monoisotopic (exact) mass is 480 g/mol. The number of aromatic nitrogens is 2. The van der Waals surface area contributed by atoms with Gasteiger partial charge in [-0.2, -0.15) is 0 Å². The molecule has 146 valence electrons. The number of pyridine rings is 2. The van der Waals surface area contributed by atoms with Crippen LogP contribution in [0.15, 0.2) is 47.7 Å². The van der Waals surface area contributed by atoms with Crippen LogP contribution < -0.4 is 15.5 Å². The van der Waals surface area contributed by atoms with Crippen molar-refractivity contribution in [3.63, 3.8) is 0 Å². The van der Waals surface area contributed by atoms with Crippen LogP contribution >= 0.6 is 24.0 Å². The van der Waals surface area contributed by atoms with E-state index in [1.165, 1.54) is 12.8 Å². The predicted molar refractivity (Wildman–Crippen MR) is 122 cm³/mol. The highest BCUT2D eigenvalue weighted by Crippen LogP contribution is 2.17. The quantitative estimate of drug-likeness (QED) is 0.363. The third-order valence-electron chi connectivity index (χ3n) is 4.40. The van der Waals surface area contributed by atoms with E-state index in [4.69, 9.17) is 0 Å². The summed E-state index contributed by atoms with van der Waals surface area (Å²) in [5.41, 5.74) is 2.20. The maximum atomic E-state index is 4.66. The first kappa shape index (κ1) is 21.4. The highest BCUT2D eigenvalue weighted by molar-refractivity contribution is 14.0. The van der Waals surface area contributed by atoms with Crippen LogP contribution in [0.5, 0.6) is 0 Å². The second-order valence-electron chi connectivity index (χ2n) is 6.41. The van der Waals surface area contributed by atoms with Crippen molar-refractivity contribution in [1.29, 1.82) is 0 Å². The molecule has 2 N–H and O–H groups in total. The van der Waals surface area contributed by atoms with Gasteiger partial charge in [0.15, 0.2) is 5.96 Å². The first-order valence-corrected chi connectivity index (χ1v) is 9.47. The summed E-state index contributed by atoms with van der Waals surface area (Å²) < 4.78 is 0. The fourth-order valence-electron chi connectivity index (χ4n) is 3.01. The average Bonchev–Trinajstić information content (AvgIpc) is 3.22. The standard InChI is InChI=1S/C20H28N6.HI/c1-2-21-20(23-12-10-18-7-3-4-11-22-18)25-16-17-8-9-19(24-15-17)26-13-5-6-14-26;/h3-4,7-9,11,15H,2,5-6,10,12-14,16H2,1H3,(H2,21,23,25);1H. The van der Waals surface area contributed by atoms with Crippen LogP contribution in [0.1, 0.15) is 31.0 Å². The van der Waals surface area contributed by atoms with Gasteiger partial charge in [-0.1, -0.05) is 12.1 Å². The Hall–Kier alpha value is -1.90. The fraction of sp³-hybridized carbons (Fsp3) is 0.450. The van der Waals surface area contributed by atoms with Crippen LogP contribution in [0.3, 0.4) is 0 Å². The molecule has 1 aliphatic heterocycles. The zero-order valence-electron chi connectivity index (χ0n) is 15.9. The number of aliphatic imine (C=N–C) groups is 1. The Kier molecular flexibility index (Phi) is 9.30. The predicted octanol–water partition coefficient (Wildman–Crippen LogP) is 2.99. The van der Waals surface area contributed by atoms with E-state index in [1.807, 2.05) is 30.6 Å². The van der Waals surface area contributed by atoms with Crippen molar-refractivity contribution in [1.82, 2.24) is 20.6 Å². The zero-order chi connectivity index (χ0) is 18.0. The largest absolute Gasteiger partial charge is 0.357 e. The molecule has 1 aliphatic rings. The highest BCUT2D eigenvalue weighted by atomic mass is 127. The number of rotatable bonds is 7. The lowest BCUT2D eigenvalue weighted by molar-refractivity contribution is 0.788. The molecule has 0 aromatic carbocycles. The summed E-state index contributed by atoms with van der Waals surface area (Å²) >= 11 is 0. The Morgan fingerprint density at radius 1 is 1.11 bits per heavy atom. The van der Waals surface area contributed by atoms with Gasteiger partial charge >= 0.3 is 0 Å². The summed E-state index contributed by atoms with van der Waals surface area (Å²) in [5.74, 6) is 1.91. The van der Waals surface area contributed by atoms with Gasteiger partial charge in [0, 0.05) is 50.7 Å². The number of nitrogens with one attached hydrogen (secondary N) is 2. The molecule has 0 aliphatic carbocycles. The van der Waals surface area contributed by atoms with Gasteiger partial charge in [0.1, 0.15) is 5.82 Å². The number of hydrogen-bond donors (Lipinski definition) is 2. The molecule has 27 heavy (non-hydrogen) atoms. The van der Waals surface area contributed by atoms with Crippen molar-refractivity contribution < 1.29 is 0 Å². The molecule has 0 radical (unpaired) electrons. The van der Waals surface area contributed by atoms with Crippen molar-refractivity contribution in [3.05, 3.63) is 54.0 Å². The van der Waals surface area contributed by atoms with Crippen molar-refractivity contribution >= 4 is 35.8 Å². The summed E-state index contributed by atoms with van der Waals surface area (Å²) in [6, 6.07) is 10.2. The fourth-order valence-corrected chi connectivity index (χ4v) is 3.01. The molecule has 0 unspecified atom stereocenters. The van der Waals surface area contributed by atoms with Crippen molar-refractivity contribution in [2.24, 2.45) is 4.99 Å². The minimum atomic E-state index is 0. The second-order valence-corrected chi connectivity index (χ2v) is 6.41. The lowest BCUT2D eigenvalue weighted by atomic mass is 10.3. The van der Waals surface area contributed by atoms with Crippen molar-refractivity contribution in [2.75, 3.05) is 31.1 Å². The second kappa shape index (κ2) is 11.7. The number of hydrogen-bond acceptors (Lipinski definition) is 4. The van der Waals surface area contributed by atoms with E-state index in [0.717, 1.165) is 55.6 Å². The highest BCUT2D eigenvalue weighted by Gasteiger charge is 2.12. The summed E-state index contributed by atoms with van der Waals surface area (Å²) in [6.07, 6.45) is 7.17. The van der Waals surface area contributed by atoms with E-state index >= 15 is 0 Å². The van der Waals surface area contributed by atoms with Crippen LogP contribution in [-0.4, -0.2) is 42.1 Å². The molecular formula is C20H29IN6. The molecule has 1 fully saturated rings. The molecule has 2 aromatic rings. The maximum absolute atomic E-state index is 4.66. The van der Waals surface area contributed by atoms with Crippen LogP contribution in [-0.2, 0) is 13.0 Å².